The Kier molecular flexibility index (Phi) is 3.96. The van der Waals surface area contributed by atoms with E-state index in [1.807, 2.05) is 30.3 Å². The highest BCUT2D eigenvalue weighted by Gasteiger charge is 2.34. The molecule has 2 aromatic rings. The molecule has 4 nitrogen and oxygen atoms in total. The van der Waals surface area contributed by atoms with E-state index in [4.69, 9.17) is 22.4 Å². The molecule has 0 radical (unpaired) electrons. The average Bonchev–Trinajstić information content (AvgIpc) is 2.80. The quantitative estimate of drug-likeness (QED) is 0.594. The van der Waals surface area contributed by atoms with Crippen molar-refractivity contribution in [2.24, 2.45) is 0 Å². The highest BCUT2D eigenvalue weighted by atomic mass is 35.5. The molecule has 0 fully saturated rings. The van der Waals surface area contributed by atoms with Gasteiger partial charge in [-0.1, -0.05) is 48.0 Å². The van der Waals surface area contributed by atoms with E-state index >= 15 is 0 Å². The van der Waals surface area contributed by atoms with Crippen molar-refractivity contribution in [2.75, 3.05) is 0 Å². The molecule has 112 valence electrons. The van der Waals surface area contributed by atoms with Gasteiger partial charge in [-0.15, -0.1) is 0 Å². The van der Waals surface area contributed by atoms with E-state index in [9.17, 15) is 5.11 Å². The van der Waals surface area contributed by atoms with Gasteiger partial charge in [-0.25, -0.2) is 0 Å². The molecule has 0 bridgehead atoms. The number of aliphatic hydroxyl groups excluding tert-OH is 1. The Labute approximate surface area is 134 Å². The summed E-state index contributed by atoms with van der Waals surface area (Å²) in [4.78, 5) is 1.58. The number of aliphatic hydroxyl groups is 1. The lowest BCUT2D eigenvalue weighted by molar-refractivity contribution is 0.145. The number of amidine groups is 1. The van der Waals surface area contributed by atoms with Crippen molar-refractivity contribution >= 4 is 23.8 Å². The fourth-order valence-electron chi connectivity index (χ4n) is 2.90. The van der Waals surface area contributed by atoms with Crippen LogP contribution in [0.3, 0.4) is 0 Å². The van der Waals surface area contributed by atoms with Crippen LogP contribution in [0, 0.1) is 10.8 Å². The first kappa shape index (κ1) is 14.8. The van der Waals surface area contributed by atoms with Crippen LogP contribution in [0.5, 0.6) is 0 Å². The van der Waals surface area contributed by atoms with Gasteiger partial charge in [0.2, 0.25) is 0 Å². The van der Waals surface area contributed by atoms with Crippen LogP contribution in [0.1, 0.15) is 35.3 Å². The summed E-state index contributed by atoms with van der Waals surface area (Å²) in [6.07, 6.45) is 0.845. The molecule has 3 N–H and O–H groups in total. The van der Waals surface area contributed by atoms with Crippen LogP contribution in [0.2, 0.25) is 5.02 Å². The summed E-state index contributed by atoms with van der Waals surface area (Å²) in [6, 6.07) is 14.6. The SMILES string of the molecule is N=CN1C(=N)c2ccccc2C1CC(O)c1cccc(Cl)c1. The van der Waals surface area contributed by atoms with Crippen molar-refractivity contribution in [3.8, 4) is 0 Å². The summed E-state index contributed by atoms with van der Waals surface area (Å²) in [5.74, 6) is 0.300. The number of hydrogen-bond donors (Lipinski definition) is 3. The van der Waals surface area contributed by atoms with Gasteiger partial charge in [0.25, 0.3) is 0 Å². The Hall–Kier alpha value is -2.17. The maximum Gasteiger partial charge on any atom is 0.134 e. The van der Waals surface area contributed by atoms with Gasteiger partial charge in [0.15, 0.2) is 0 Å². The van der Waals surface area contributed by atoms with Crippen LogP contribution in [-0.2, 0) is 0 Å². The van der Waals surface area contributed by atoms with E-state index in [1.54, 1.807) is 23.1 Å². The van der Waals surface area contributed by atoms with E-state index in [0.717, 1.165) is 23.0 Å². The van der Waals surface area contributed by atoms with Gasteiger partial charge in [0.1, 0.15) is 5.84 Å². The fourth-order valence-corrected chi connectivity index (χ4v) is 3.10. The fraction of sp³-hybridized carbons (Fsp3) is 0.176. The predicted octanol–water partition coefficient (Wildman–Crippen LogP) is 3.75. The topological polar surface area (TPSA) is 71.2 Å². The molecular weight excluding hydrogens is 298 g/mol. The van der Waals surface area contributed by atoms with E-state index < -0.39 is 6.10 Å². The highest BCUT2D eigenvalue weighted by molar-refractivity contribution is 6.30. The maximum atomic E-state index is 10.5. The van der Waals surface area contributed by atoms with Crippen LogP contribution >= 0.6 is 11.6 Å². The molecule has 2 aromatic carbocycles. The third-order valence-electron chi connectivity index (χ3n) is 3.99. The molecule has 22 heavy (non-hydrogen) atoms. The van der Waals surface area contributed by atoms with Crippen molar-refractivity contribution in [2.45, 2.75) is 18.6 Å². The molecule has 1 heterocycles. The van der Waals surface area contributed by atoms with Crippen LogP contribution < -0.4 is 0 Å². The number of rotatable bonds is 4. The summed E-state index contributed by atoms with van der Waals surface area (Å²) >= 11 is 5.97. The van der Waals surface area contributed by atoms with E-state index in [2.05, 4.69) is 0 Å². The lowest BCUT2D eigenvalue weighted by atomic mass is 9.96. The number of hydrogen-bond acceptors (Lipinski definition) is 3. The monoisotopic (exact) mass is 313 g/mol. The highest BCUT2D eigenvalue weighted by Crippen LogP contribution is 2.38. The second kappa shape index (κ2) is 5.91. The zero-order chi connectivity index (χ0) is 15.7. The van der Waals surface area contributed by atoms with Crippen LogP contribution in [-0.4, -0.2) is 22.2 Å². The normalized spacial score (nSPS) is 18.2. The van der Waals surface area contributed by atoms with E-state index in [1.165, 1.54) is 0 Å². The van der Waals surface area contributed by atoms with Crippen LogP contribution in [0.15, 0.2) is 48.5 Å². The number of nitrogens with zero attached hydrogens (tertiary/aromatic N) is 1. The van der Waals surface area contributed by atoms with Gasteiger partial charge < -0.3 is 10.0 Å². The number of nitrogens with one attached hydrogen (secondary N) is 2. The van der Waals surface area contributed by atoms with Gasteiger partial charge in [0, 0.05) is 17.0 Å². The molecule has 0 saturated heterocycles. The van der Waals surface area contributed by atoms with Crippen molar-refractivity contribution in [3.05, 3.63) is 70.2 Å². The molecule has 0 aromatic heterocycles. The molecule has 5 heteroatoms. The lowest BCUT2D eigenvalue weighted by Gasteiger charge is -2.24. The third-order valence-corrected chi connectivity index (χ3v) is 4.22. The Balaban J connectivity index is 1.90. The lowest BCUT2D eigenvalue weighted by Crippen LogP contribution is -2.27. The number of halogens is 1. The van der Waals surface area contributed by atoms with Gasteiger partial charge in [-0.2, -0.15) is 0 Å². The molecule has 0 amide bonds. The summed E-state index contributed by atoms with van der Waals surface area (Å²) in [5, 5.41) is 26.8. The van der Waals surface area contributed by atoms with Crippen molar-refractivity contribution in [1.29, 1.82) is 10.8 Å². The summed E-state index contributed by atoms with van der Waals surface area (Å²) in [7, 11) is 0. The first-order valence-electron chi connectivity index (χ1n) is 7.02. The molecule has 0 saturated carbocycles. The number of benzene rings is 2. The van der Waals surface area contributed by atoms with Crippen LogP contribution in [0.25, 0.3) is 0 Å². The molecule has 2 atom stereocenters. The standard InChI is InChI=1S/C17H16ClN3O/c18-12-5-3-4-11(8-12)16(22)9-15-13-6-1-2-7-14(13)17(20)21(15)10-19/h1-8,10,15-16,19-20,22H,9H2. The summed E-state index contributed by atoms with van der Waals surface area (Å²) in [6.45, 7) is 0. The molecule has 2 unspecified atom stereocenters. The molecule has 0 aliphatic carbocycles. The summed E-state index contributed by atoms with van der Waals surface area (Å²) in [5.41, 5.74) is 2.53. The van der Waals surface area contributed by atoms with Crippen molar-refractivity contribution < 1.29 is 5.11 Å². The largest absolute Gasteiger partial charge is 0.388 e. The first-order valence-corrected chi connectivity index (χ1v) is 7.40. The van der Waals surface area contributed by atoms with Crippen molar-refractivity contribution in [3.63, 3.8) is 0 Å². The van der Waals surface area contributed by atoms with Crippen molar-refractivity contribution in [1.82, 2.24) is 4.90 Å². The zero-order valence-electron chi connectivity index (χ0n) is 11.8. The molecule has 1 aliphatic rings. The maximum absolute atomic E-state index is 10.5. The molecule has 1 aliphatic heterocycles. The van der Waals surface area contributed by atoms with E-state index in [-0.39, 0.29) is 6.04 Å². The minimum atomic E-state index is -0.704. The second-order valence-corrected chi connectivity index (χ2v) is 5.73. The Bertz CT molecular complexity index is 731. The van der Waals surface area contributed by atoms with Gasteiger partial charge in [-0.3, -0.25) is 10.8 Å². The Morgan fingerprint density at radius 1 is 1.23 bits per heavy atom. The first-order chi connectivity index (χ1) is 10.6. The zero-order valence-corrected chi connectivity index (χ0v) is 12.6. The van der Waals surface area contributed by atoms with Gasteiger partial charge >= 0.3 is 0 Å². The average molecular weight is 314 g/mol. The minimum absolute atomic E-state index is 0.213. The van der Waals surface area contributed by atoms with Gasteiger partial charge in [0.05, 0.1) is 18.5 Å². The van der Waals surface area contributed by atoms with Crippen LogP contribution in [0.4, 0.5) is 0 Å². The third kappa shape index (κ3) is 2.51. The Morgan fingerprint density at radius 2 is 2.00 bits per heavy atom. The Morgan fingerprint density at radius 3 is 2.73 bits per heavy atom. The second-order valence-electron chi connectivity index (χ2n) is 5.29. The molecule has 3 rings (SSSR count). The minimum Gasteiger partial charge on any atom is -0.388 e. The summed E-state index contributed by atoms with van der Waals surface area (Å²) < 4.78 is 0. The molecule has 0 spiro atoms. The number of fused-ring (bicyclic) bond motifs is 1. The molecular formula is C17H16ClN3O. The smallest absolute Gasteiger partial charge is 0.134 e. The predicted molar refractivity (Wildman–Crippen MR) is 87.7 cm³/mol. The van der Waals surface area contributed by atoms with E-state index in [0.29, 0.717) is 17.3 Å². The van der Waals surface area contributed by atoms with Gasteiger partial charge in [-0.05, 0) is 23.3 Å².